The van der Waals surface area contributed by atoms with Crippen molar-refractivity contribution < 1.29 is 0 Å². The van der Waals surface area contributed by atoms with Gasteiger partial charge in [-0.05, 0) is 33.2 Å². The number of hydrogen-bond acceptors (Lipinski definition) is 5. The van der Waals surface area contributed by atoms with E-state index in [4.69, 9.17) is 0 Å². The summed E-state index contributed by atoms with van der Waals surface area (Å²) in [5.41, 5.74) is -1.32. The number of rotatable bonds is 5. The Kier molecular flexibility index (Phi) is 5.37. The Morgan fingerprint density at radius 3 is 2.63 bits per heavy atom. The van der Waals surface area contributed by atoms with Crippen molar-refractivity contribution in [1.29, 1.82) is 0 Å². The van der Waals surface area contributed by atoms with E-state index in [1.807, 2.05) is 0 Å². The van der Waals surface area contributed by atoms with Gasteiger partial charge in [-0.2, -0.15) is 4.98 Å². The van der Waals surface area contributed by atoms with Crippen LogP contribution in [0.5, 0.6) is 0 Å². The standard InChI is InChI=1S/C12H22N4O2S/c1-8(6-13-12(2,3)4)7-19-11-14-9(17)10(18)15-16(11)5/h8,13H,6-7H2,1-5H3,(H,15,18). The smallest absolute Gasteiger partial charge is 0.312 e. The average molecular weight is 286 g/mol. The maximum absolute atomic E-state index is 11.2. The predicted octanol–water partition coefficient (Wildman–Crippen LogP) is 0.585. The molecule has 1 heterocycles. The van der Waals surface area contributed by atoms with Crippen LogP contribution >= 0.6 is 11.8 Å². The highest BCUT2D eigenvalue weighted by Crippen LogP contribution is 2.15. The summed E-state index contributed by atoms with van der Waals surface area (Å²) in [5, 5.41) is 6.40. The first-order chi connectivity index (χ1) is 8.69. The van der Waals surface area contributed by atoms with E-state index in [2.05, 4.69) is 43.1 Å². The average Bonchev–Trinajstić information content (AvgIpc) is 2.28. The van der Waals surface area contributed by atoms with Crippen molar-refractivity contribution in [2.75, 3.05) is 12.3 Å². The van der Waals surface area contributed by atoms with E-state index in [1.165, 1.54) is 16.4 Å². The number of nitrogens with zero attached hydrogens (tertiary/aromatic N) is 2. The minimum absolute atomic E-state index is 0.0992. The second-order valence-corrected chi connectivity index (χ2v) is 6.73. The molecule has 1 atom stereocenters. The quantitative estimate of drug-likeness (QED) is 0.611. The van der Waals surface area contributed by atoms with Crippen molar-refractivity contribution in [3.05, 3.63) is 20.7 Å². The zero-order chi connectivity index (χ0) is 14.6. The molecule has 0 aromatic carbocycles. The summed E-state index contributed by atoms with van der Waals surface area (Å²) < 4.78 is 1.48. The van der Waals surface area contributed by atoms with Crippen LogP contribution in [0.1, 0.15) is 27.7 Å². The summed E-state index contributed by atoms with van der Waals surface area (Å²) in [6, 6.07) is 0. The molecule has 108 valence electrons. The fraction of sp³-hybridized carbons (Fsp3) is 0.750. The molecule has 6 nitrogen and oxygen atoms in total. The lowest BCUT2D eigenvalue weighted by Gasteiger charge is -2.23. The van der Waals surface area contributed by atoms with Gasteiger partial charge in [0.25, 0.3) is 0 Å². The van der Waals surface area contributed by atoms with Gasteiger partial charge < -0.3 is 5.32 Å². The zero-order valence-corrected chi connectivity index (χ0v) is 12.9. The van der Waals surface area contributed by atoms with E-state index in [-0.39, 0.29) is 5.54 Å². The van der Waals surface area contributed by atoms with Gasteiger partial charge in [-0.15, -0.1) is 0 Å². The SMILES string of the molecule is CC(CNC(C)(C)C)CSc1nc(=O)c(=O)[nH]n1C. The van der Waals surface area contributed by atoms with E-state index >= 15 is 0 Å². The van der Waals surface area contributed by atoms with Crippen LogP contribution in [0.4, 0.5) is 0 Å². The van der Waals surface area contributed by atoms with Crippen molar-refractivity contribution in [2.45, 2.75) is 38.4 Å². The van der Waals surface area contributed by atoms with E-state index in [0.29, 0.717) is 11.1 Å². The Morgan fingerprint density at radius 2 is 2.05 bits per heavy atom. The molecule has 1 unspecified atom stereocenters. The normalized spacial score (nSPS) is 13.5. The molecular formula is C12H22N4O2S. The Labute approximate surface area is 117 Å². The monoisotopic (exact) mass is 286 g/mol. The van der Waals surface area contributed by atoms with Crippen LogP contribution in [0.25, 0.3) is 0 Å². The van der Waals surface area contributed by atoms with E-state index < -0.39 is 11.1 Å². The van der Waals surface area contributed by atoms with Gasteiger partial charge >= 0.3 is 11.1 Å². The molecule has 7 heteroatoms. The van der Waals surface area contributed by atoms with Crippen LogP contribution in [0.3, 0.4) is 0 Å². The molecule has 1 aromatic heterocycles. The van der Waals surface area contributed by atoms with Crippen LogP contribution in [0.2, 0.25) is 0 Å². The fourth-order valence-corrected chi connectivity index (χ4v) is 2.28. The van der Waals surface area contributed by atoms with E-state index in [1.54, 1.807) is 7.05 Å². The first kappa shape index (κ1) is 16.0. The Bertz CT molecular complexity index is 530. The molecule has 2 N–H and O–H groups in total. The highest BCUT2D eigenvalue weighted by atomic mass is 32.2. The van der Waals surface area contributed by atoms with Gasteiger partial charge in [0.15, 0.2) is 5.16 Å². The number of aryl methyl sites for hydroxylation is 1. The molecule has 19 heavy (non-hydrogen) atoms. The van der Waals surface area contributed by atoms with Crippen LogP contribution < -0.4 is 16.4 Å². The highest BCUT2D eigenvalue weighted by molar-refractivity contribution is 7.99. The lowest BCUT2D eigenvalue weighted by Crippen LogP contribution is -2.39. The lowest BCUT2D eigenvalue weighted by molar-refractivity contribution is 0.395. The van der Waals surface area contributed by atoms with Gasteiger partial charge in [0.05, 0.1) is 0 Å². The molecule has 0 aliphatic rings. The summed E-state index contributed by atoms with van der Waals surface area (Å²) >= 11 is 1.47. The Morgan fingerprint density at radius 1 is 1.42 bits per heavy atom. The third-order valence-corrected chi connectivity index (χ3v) is 3.78. The molecule has 0 saturated heterocycles. The third-order valence-electron chi connectivity index (χ3n) is 2.43. The van der Waals surface area contributed by atoms with Crippen LogP contribution in [0, 0.1) is 5.92 Å². The van der Waals surface area contributed by atoms with Crippen LogP contribution in [-0.4, -0.2) is 32.6 Å². The number of aromatic amines is 1. The second kappa shape index (κ2) is 6.38. The molecule has 0 amide bonds. The van der Waals surface area contributed by atoms with E-state index in [0.717, 1.165) is 12.3 Å². The summed E-state index contributed by atoms with van der Waals surface area (Å²) in [5.74, 6) is 1.27. The van der Waals surface area contributed by atoms with Crippen molar-refractivity contribution >= 4 is 11.8 Å². The molecule has 0 spiro atoms. The minimum Gasteiger partial charge on any atom is -0.312 e. The molecule has 1 rings (SSSR count). The largest absolute Gasteiger partial charge is 0.339 e. The number of thioether (sulfide) groups is 1. The number of H-pyrrole nitrogens is 1. The number of aromatic nitrogens is 3. The first-order valence-electron chi connectivity index (χ1n) is 6.24. The highest BCUT2D eigenvalue weighted by Gasteiger charge is 2.12. The lowest BCUT2D eigenvalue weighted by atomic mass is 10.1. The second-order valence-electron chi connectivity index (χ2n) is 5.75. The minimum atomic E-state index is -0.735. The van der Waals surface area contributed by atoms with Gasteiger partial charge in [0, 0.05) is 18.3 Å². The van der Waals surface area contributed by atoms with Gasteiger partial charge in [-0.3, -0.25) is 19.4 Å². The van der Waals surface area contributed by atoms with E-state index in [9.17, 15) is 9.59 Å². The van der Waals surface area contributed by atoms with Gasteiger partial charge in [-0.25, -0.2) is 0 Å². The Balaban J connectivity index is 2.55. The predicted molar refractivity (Wildman–Crippen MR) is 77.7 cm³/mol. The molecule has 0 bridgehead atoms. The van der Waals surface area contributed by atoms with Crippen molar-refractivity contribution in [3.63, 3.8) is 0 Å². The van der Waals surface area contributed by atoms with Gasteiger partial charge in [0.1, 0.15) is 0 Å². The third kappa shape index (κ3) is 5.61. The molecule has 0 aliphatic heterocycles. The molecule has 0 fully saturated rings. The van der Waals surface area contributed by atoms with Gasteiger partial charge in [-0.1, -0.05) is 18.7 Å². The number of hydrogen-bond donors (Lipinski definition) is 2. The van der Waals surface area contributed by atoms with Crippen LogP contribution in [0.15, 0.2) is 14.7 Å². The molecule has 0 aliphatic carbocycles. The zero-order valence-electron chi connectivity index (χ0n) is 12.1. The maximum atomic E-state index is 11.2. The molecular weight excluding hydrogens is 264 g/mol. The fourth-order valence-electron chi connectivity index (χ4n) is 1.35. The van der Waals surface area contributed by atoms with Crippen LogP contribution in [-0.2, 0) is 7.05 Å². The maximum Gasteiger partial charge on any atom is 0.339 e. The summed E-state index contributed by atoms with van der Waals surface area (Å²) in [7, 11) is 1.67. The van der Waals surface area contributed by atoms with Crippen molar-refractivity contribution in [3.8, 4) is 0 Å². The number of nitrogens with one attached hydrogen (secondary N) is 2. The molecule has 0 radical (unpaired) electrons. The summed E-state index contributed by atoms with van der Waals surface area (Å²) in [4.78, 5) is 26.0. The van der Waals surface area contributed by atoms with Crippen molar-refractivity contribution in [2.24, 2.45) is 13.0 Å². The molecule has 0 saturated carbocycles. The first-order valence-corrected chi connectivity index (χ1v) is 7.23. The summed E-state index contributed by atoms with van der Waals surface area (Å²) in [6.07, 6.45) is 0. The summed E-state index contributed by atoms with van der Waals surface area (Å²) in [6.45, 7) is 9.41. The van der Waals surface area contributed by atoms with Gasteiger partial charge in [0.2, 0.25) is 0 Å². The van der Waals surface area contributed by atoms with Crippen molar-refractivity contribution in [1.82, 2.24) is 20.1 Å². The Hall–Kier alpha value is -1.08. The topological polar surface area (TPSA) is 79.8 Å². The molecule has 1 aromatic rings.